The number of aryl methyl sites for hydroxylation is 1. The van der Waals surface area contributed by atoms with Gasteiger partial charge in [-0.25, -0.2) is 4.98 Å². The topological polar surface area (TPSA) is 44.9 Å². The Hall–Kier alpha value is -2.49. The summed E-state index contributed by atoms with van der Waals surface area (Å²) in [5.41, 5.74) is -0.618. The monoisotopic (exact) mass is 294 g/mol. The van der Waals surface area contributed by atoms with E-state index in [0.29, 0.717) is 5.82 Å². The summed E-state index contributed by atoms with van der Waals surface area (Å²) in [5, 5.41) is 8.87. The van der Waals surface area contributed by atoms with Crippen molar-refractivity contribution in [1.29, 1.82) is 5.26 Å². The van der Waals surface area contributed by atoms with Crippen molar-refractivity contribution in [2.75, 3.05) is 11.9 Å². The minimum atomic E-state index is -4.47. The number of anilines is 1. The van der Waals surface area contributed by atoms with Crippen LogP contribution in [-0.4, -0.2) is 16.6 Å². The Labute approximate surface area is 120 Å². The number of imidazole rings is 1. The van der Waals surface area contributed by atoms with Crippen LogP contribution >= 0.6 is 0 Å². The van der Waals surface area contributed by atoms with Gasteiger partial charge in [-0.3, -0.25) is 0 Å². The summed E-state index contributed by atoms with van der Waals surface area (Å²) in [7, 11) is 3.31. The van der Waals surface area contributed by atoms with E-state index in [2.05, 4.69) is 4.98 Å². The largest absolute Gasteiger partial charge is 0.418 e. The van der Waals surface area contributed by atoms with Crippen LogP contribution in [0.5, 0.6) is 0 Å². The van der Waals surface area contributed by atoms with Crippen LogP contribution in [0.3, 0.4) is 0 Å². The number of halogens is 3. The molecule has 0 fully saturated rings. The molecule has 0 radical (unpaired) electrons. The number of benzene rings is 1. The van der Waals surface area contributed by atoms with Crippen molar-refractivity contribution in [3.05, 3.63) is 47.5 Å². The average molecular weight is 294 g/mol. The van der Waals surface area contributed by atoms with Crippen LogP contribution in [-0.2, 0) is 19.8 Å². The molecule has 0 N–H and O–H groups in total. The Balaban J connectivity index is 2.41. The molecular weight excluding hydrogens is 281 g/mol. The van der Waals surface area contributed by atoms with Gasteiger partial charge in [0.15, 0.2) is 0 Å². The number of hydrogen-bond acceptors (Lipinski definition) is 3. The quantitative estimate of drug-likeness (QED) is 0.874. The lowest BCUT2D eigenvalue weighted by Gasteiger charge is -2.23. The first-order chi connectivity index (χ1) is 9.82. The third kappa shape index (κ3) is 3.16. The molecule has 2 rings (SSSR count). The van der Waals surface area contributed by atoms with Crippen LogP contribution in [0.2, 0.25) is 0 Å². The number of nitrogens with zero attached hydrogens (tertiary/aromatic N) is 4. The molecular formula is C14H13F3N4. The Morgan fingerprint density at radius 3 is 2.62 bits per heavy atom. The molecule has 21 heavy (non-hydrogen) atoms. The van der Waals surface area contributed by atoms with E-state index >= 15 is 0 Å². The zero-order valence-electron chi connectivity index (χ0n) is 11.5. The number of rotatable bonds is 3. The minimum absolute atomic E-state index is 0.0375. The molecule has 0 atom stereocenters. The molecule has 0 spiro atoms. The molecule has 0 aliphatic rings. The van der Waals surface area contributed by atoms with Crippen LogP contribution in [0.1, 0.15) is 17.0 Å². The molecule has 1 aromatic carbocycles. The summed E-state index contributed by atoms with van der Waals surface area (Å²) in [6.07, 6.45) is -1.17. The van der Waals surface area contributed by atoms with E-state index in [1.165, 1.54) is 17.0 Å². The number of alkyl halides is 3. The predicted molar refractivity (Wildman–Crippen MR) is 71.5 cm³/mol. The highest BCUT2D eigenvalue weighted by Crippen LogP contribution is 2.37. The lowest BCUT2D eigenvalue weighted by molar-refractivity contribution is -0.137. The summed E-state index contributed by atoms with van der Waals surface area (Å²) in [6, 6.07) is 5.20. The Morgan fingerprint density at radius 2 is 2.10 bits per heavy atom. The normalized spacial score (nSPS) is 11.2. The van der Waals surface area contributed by atoms with Crippen LogP contribution in [0.25, 0.3) is 0 Å². The number of hydrogen-bond donors (Lipinski definition) is 0. The average Bonchev–Trinajstić information content (AvgIpc) is 2.82. The van der Waals surface area contributed by atoms with Crippen molar-refractivity contribution in [3.63, 3.8) is 0 Å². The van der Waals surface area contributed by atoms with E-state index in [1.807, 2.05) is 6.07 Å². The maximum absolute atomic E-state index is 13.1. The fourth-order valence-electron chi connectivity index (χ4n) is 2.00. The van der Waals surface area contributed by atoms with Gasteiger partial charge >= 0.3 is 6.18 Å². The number of aromatic nitrogens is 2. The molecule has 0 saturated carbocycles. The van der Waals surface area contributed by atoms with E-state index in [0.717, 1.165) is 6.07 Å². The molecule has 1 heterocycles. The molecule has 7 heteroatoms. The molecule has 0 bridgehead atoms. The van der Waals surface area contributed by atoms with Crippen molar-refractivity contribution < 1.29 is 13.2 Å². The molecule has 2 aromatic rings. The van der Waals surface area contributed by atoms with E-state index < -0.39 is 11.7 Å². The Kier molecular flexibility index (Phi) is 3.89. The zero-order chi connectivity index (χ0) is 15.6. The van der Waals surface area contributed by atoms with Gasteiger partial charge in [0.25, 0.3) is 0 Å². The van der Waals surface area contributed by atoms with E-state index in [-0.39, 0.29) is 17.8 Å². The first-order valence-electron chi connectivity index (χ1n) is 6.11. The summed E-state index contributed by atoms with van der Waals surface area (Å²) in [6.45, 7) is 0.210. The van der Waals surface area contributed by atoms with Crippen LogP contribution in [0, 0.1) is 11.3 Å². The van der Waals surface area contributed by atoms with Gasteiger partial charge in [0.05, 0.1) is 29.4 Å². The summed E-state index contributed by atoms with van der Waals surface area (Å²) in [5.74, 6) is 0.632. The summed E-state index contributed by atoms with van der Waals surface area (Å²) < 4.78 is 41.0. The highest BCUT2D eigenvalue weighted by Gasteiger charge is 2.34. The van der Waals surface area contributed by atoms with Gasteiger partial charge in [-0.15, -0.1) is 0 Å². The van der Waals surface area contributed by atoms with Gasteiger partial charge in [0, 0.05) is 26.5 Å². The zero-order valence-corrected chi connectivity index (χ0v) is 11.5. The summed E-state index contributed by atoms with van der Waals surface area (Å²) >= 11 is 0. The molecule has 4 nitrogen and oxygen atoms in total. The fraction of sp³-hybridized carbons (Fsp3) is 0.286. The molecule has 0 amide bonds. The van der Waals surface area contributed by atoms with Crippen molar-refractivity contribution >= 4 is 5.69 Å². The molecule has 0 saturated heterocycles. The molecule has 0 aliphatic carbocycles. The van der Waals surface area contributed by atoms with Gasteiger partial charge in [-0.1, -0.05) is 0 Å². The third-order valence-corrected chi connectivity index (χ3v) is 3.14. The molecule has 110 valence electrons. The Morgan fingerprint density at radius 1 is 1.38 bits per heavy atom. The smallest absolute Gasteiger partial charge is 0.367 e. The van der Waals surface area contributed by atoms with Crippen LogP contribution in [0.15, 0.2) is 30.6 Å². The molecule has 1 aromatic heterocycles. The number of nitriles is 1. The van der Waals surface area contributed by atoms with Gasteiger partial charge in [0.2, 0.25) is 0 Å². The predicted octanol–water partition coefficient (Wildman–Crippen LogP) is 2.95. The van der Waals surface area contributed by atoms with Crippen LogP contribution in [0.4, 0.5) is 18.9 Å². The van der Waals surface area contributed by atoms with E-state index in [4.69, 9.17) is 5.26 Å². The van der Waals surface area contributed by atoms with Crippen molar-refractivity contribution in [2.45, 2.75) is 12.7 Å². The highest BCUT2D eigenvalue weighted by atomic mass is 19.4. The Bertz CT molecular complexity index is 682. The van der Waals surface area contributed by atoms with Gasteiger partial charge in [0.1, 0.15) is 5.82 Å². The maximum atomic E-state index is 13.1. The second-order valence-corrected chi connectivity index (χ2v) is 4.65. The fourth-order valence-corrected chi connectivity index (χ4v) is 2.00. The van der Waals surface area contributed by atoms with Crippen LogP contribution < -0.4 is 4.90 Å². The SMILES string of the molecule is CN(Cc1nccn1C)c1cc(C#N)ccc1C(F)(F)F. The maximum Gasteiger partial charge on any atom is 0.418 e. The van der Waals surface area contributed by atoms with Crippen molar-refractivity contribution in [3.8, 4) is 6.07 Å². The lowest BCUT2D eigenvalue weighted by atomic mass is 10.1. The lowest BCUT2D eigenvalue weighted by Crippen LogP contribution is -2.22. The van der Waals surface area contributed by atoms with Gasteiger partial charge in [-0.05, 0) is 18.2 Å². The van der Waals surface area contributed by atoms with E-state index in [1.54, 1.807) is 31.1 Å². The minimum Gasteiger partial charge on any atom is -0.367 e. The second-order valence-electron chi connectivity index (χ2n) is 4.65. The summed E-state index contributed by atoms with van der Waals surface area (Å²) in [4.78, 5) is 5.53. The second kappa shape index (κ2) is 5.48. The highest BCUT2D eigenvalue weighted by molar-refractivity contribution is 5.58. The van der Waals surface area contributed by atoms with Crippen molar-refractivity contribution in [2.24, 2.45) is 7.05 Å². The molecule has 0 aliphatic heterocycles. The standard InChI is InChI=1S/C14H13F3N4/c1-20-6-5-19-13(20)9-21(2)12-7-10(8-18)3-4-11(12)14(15,16)17/h3-7H,9H2,1-2H3. The third-order valence-electron chi connectivity index (χ3n) is 3.14. The first kappa shape index (κ1) is 14.9. The van der Waals surface area contributed by atoms with Gasteiger partial charge in [-0.2, -0.15) is 18.4 Å². The van der Waals surface area contributed by atoms with Gasteiger partial charge < -0.3 is 9.47 Å². The van der Waals surface area contributed by atoms with Crippen molar-refractivity contribution in [1.82, 2.24) is 9.55 Å². The first-order valence-corrected chi connectivity index (χ1v) is 6.11. The molecule has 0 unspecified atom stereocenters. The van der Waals surface area contributed by atoms with E-state index in [9.17, 15) is 13.2 Å².